The highest BCUT2D eigenvalue weighted by Crippen LogP contribution is 2.31. The fraction of sp³-hybridized carbons (Fsp3) is 0.286. The van der Waals surface area contributed by atoms with Gasteiger partial charge in [0, 0.05) is 5.56 Å². The highest BCUT2D eigenvalue weighted by molar-refractivity contribution is 5.90. The minimum atomic E-state index is -4.48. The first-order valence-electron chi connectivity index (χ1n) is 6.45. The minimum Gasteiger partial charge on any atom is -0.461 e. The van der Waals surface area contributed by atoms with E-state index in [1.54, 1.807) is 13.8 Å². The van der Waals surface area contributed by atoms with Crippen LogP contribution >= 0.6 is 0 Å². The number of rotatable bonds is 3. The number of anilines is 1. The maximum absolute atomic E-state index is 12.8. The SMILES string of the molecule is CCOC(=O)c1nn(-c2cccc(C(F)(F)F)c2)c(N)c1C. The van der Waals surface area contributed by atoms with Crippen molar-refractivity contribution in [3.8, 4) is 5.69 Å². The van der Waals surface area contributed by atoms with Gasteiger partial charge in [-0.1, -0.05) is 6.07 Å². The van der Waals surface area contributed by atoms with Crippen molar-refractivity contribution in [3.63, 3.8) is 0 Å². The number of benzene rings is 1. The summed E-state index contributed by atoms with van der Waals surface area (Å²) in [5.41, 5.74) is 5.47. The number of halogens is 3. The number of hydrogen-bond acceptors (Lipinski definition) is 4. The number of nitrogens with two attached hydrogens (primary N) is 1. The fourth-order valence-electron chi connectivity index (χ4n) is 1.91. The predicted octanol–water partition coefficient (Wildman–Crippen LogP) is 2.96. The molecule has 0 aliphatic carbocycles. The van der Waals surface area contributed by atoms with Gasteiger partial charge in [-0.15, -0.1) is 0 Å². The average molecular weight is 313 g/mol. The molecule has 2 aromatic rings. The lowest BCUT2D eigenvalue weighted by molar-refractivity contribution is -0.137. The van der Waals surface area contributed by atoms with E-state index in [4.69, 9.17) is 10.5 Å². The Balaban J connectivity index is 2.50. The first kappa shape index (κ1) is 15.9. The van der Waals surface area contributed by atoms with Crippen LogP contribution in [-0.4, -0.2) is 22.4 Å². The number of nitrogen functional groups attached to an aromatic ring is 1. The van der Waals surface area contributed by atoms with E-state index in [0.29, 0.717) is 5.56 Å². The van der Waals surface area contributed by atoms with E-state index >= 15 is 0 Å². The van der Waals surface area contributed by atoms with E-state index in [9.17, 15) is 18.0 Å². The number of alkyl halides is 3. The summed E-state index contributed by atoms with van der Waals surface area (Å²) in [6, 6.07) is 4.53. The third kappa shape index (κ3) is 2.90. The summed E-state index contributed by atoms with van der Waals surface area (Å²) >= 11 is 0. The van der Waals surface area contributed by atoms with E-state index in [1.807, 2.05) is 0 Å². The predicted molar refractivity (Wildman–Crippen MR) is 73.7 cm³/mol. The smallest absolute Gasteiger partial charge is 0.416 e. The lowest BCUT2D eigenvalue weighted by atomic mass is 10.2. The van der Waals surface area contributed by atoms with E-state index < -0.39 is 17.7 Å². The minimum absolute atomic E-state index is 0.0169. The van der Waals surface area contributed by atoms with Crippen molar-refractivity contribution in [1.29, 1.82) is 0 Å². The second-order valence-electron chi connectivity index (χ2n) is 4.54. The van der Waals surface area contributed by atoms with Crippen LogP contribution in [-0.2, 0) is 10.9 Å². The van der Waals surface area contributed by atoms with Crippen LogP contribution in [0.5, 0.6) is 0 Å². The average Bonchev–Trinajstić information content (AvgIpc) is 2.75. The quantitative estimate of drug-likeness (QED) is 0.884. The van der Waals surface area contributed by atoms with Gasteiger partial charge in [0.05, 0.1) is 17.9 Å². The molecule has 5 nitrogen and oxygen atoms in total. The van der Waals surface area contributed by atoms with Gasteiger partial charge in [-0.25, -0.2) is 9.48 Å². The molecule has 2 N–H and O–H groups in total. The van der Waals surface area contributed by atoms with Crippen LogP contribution in [0, 0.1) is 6.92 Å². The summed E-state index contributed by atoms with van der Waals surface area (Å²) in [5.74, 6) is -0.584. The summed E-state index contributed by atoms with van der Waals surface area (Å²) in [7, 11) is 0. The molecule has 8 heteroatoms. The number of hydrogen-bond donors (Lipinski definition) is 1. The van der Waals surface area contributed by atoms with Gasteiger partial charge in [0.25, 0.3) is 0 Å². The third-order valence-electron chi connectivity index (χ3n) is 3.05. The Labute approximate surface area is 124 Å². The molecule has 118 valence electrons. The lowest BCUT2D eigenvalue weighted by Crippen LogP contribution is -2.09. The number of carbonyl (C=O) groups excluding carboxylic acids is 1. The molecule has 1 aromatic heterocycles. The molecule has 0 spiro atoms. The molecule has 1 aromatic carbocycles. The summed E-state index contributed by atoms with van der Waals surface area (Å²) in [6.07, 6.45) is -4.48. The number of carbonyl (C=O) groups is 1. The molecule has 0 aliphatic rings. The van der Waals surface area contributed by atoms with Crippen LogP contribution in [0.1, 0.15) is 28.5 Å². The Morgan fingerprint density at radius 3 is 2.68 bits per heavy atom. The van der Waals surface area contributed by atoms with Gasteiger partial charge in [-0.05, 0) is 32.0 Å². The van der Waals surface area contributed by atoms with Crippen LogP contribution in [0.15, 0.2) is 24.3 Å². The Bertz CT molecular complexity index is 708. The van der Waals surface area contributed by atoms with Gasteiger partial charge < -0.3 is 10.5 Å². The molecule has 0 unspecified atom stereocenters. The number of nitrogens with zero attached hydrogens (tertiary/aromatic N) is 2. The summed E-state index contributed by atoms with van der Waals surface area (Å²) in [5, 5.41) is 3.97. The van der Waals surface area contributed by atoms with E-state index in [-0.39, 0.29) is 23.8 Å². The van der Waals surface area contributed by atoms with Crippen molar-refractivity contribution in [2.24, 2.45) is 0 Å². The number of ether oxygens (including phenoxy) is 1. The Morgan fingerprint density at radius 1 is 1.41 bits per heavy atom. The molecule has 0 saturated heterocycles. The summed E-state index contributed by atoms with van der Waals surface area (Å²) in [6.45, 7) is 3.35. The number of aromatic nitrogens is 2. The van der Waals surface area contributed by atoms with Gasteiger partial charge in [0.2, 0.25) is 0 Å². The first-order valence-corrected chi connectivity index (χ1v) is 6.45. The highest BCUT2D eigenvalue weighted by Gasteiger charge is 2.31. The van der Waals surface area contributed by atoms with E-state index in [0.717, 1.165) is 16.8 Å². The van der Waals surface area contributed by atoms with Crippen LogP contribution in [0.25, 0.3) is 5.69 Å². The van der Waals surface area contributed by atoms with Crippen molar-refractivity contribution in [3.05, 3.63) is 41.1 Å². The van der Waals surface area contributed by atoms with Gasteiger partial charge in [-0.3, -0.25) is 0 Å². The Hall–Kier alpha value is -2.51. The molecule has 0 saturated carbocycles. The molecule has 0 radical (unpaired) electrons. The van der Waals surface area contributed by atoms with Gasteiger partial charge in [0.15, 0.2) is 5.69 Å². The number of esters is 1. The third-order valence-corrected chi connectivity index (χ3v) is 3.05. The molecule has 0 atom stereocenters. The monoisotopic (exact) mass is 313 g/mol. The van der Waals surface area contributed by atoms with Crippen LogP contribution in [0.4, 0.5) is 19.0 Å². The zero-order valence-corrected chi connectivity index (χ0v) is 11.9. The van der Waals surface area contributed by atoms with Crippen LogP contribution < -0.4 is 5.73 Å². The summed E-state index contributed by atoms with van der Waals surface area (Å²) < 4.78 is 44.2. The van der Waals surface area contributed by atoms with Crippen molar-refractivity contribution in [2.45, 2.75) is 20.0 Å². The molecule has 22 heavy (non-hydrogen) atoms. The molecular formula is C14H14F3N3O2. The Morgan fingerprint density at radius 2 is 2.09 bits per heavy atom. The molecular weight excluding hydrogens is 299 g/mol. The van der Waals surface area contributed by atoms with Gasteiger partial charge in [0.1, 0.15) is 5.82 Å². The standard InChI is InChI=1S/C14H14F3N3O2/c1-3-22-13(21)11-8(2)12(18)20(19-11)10-6-4-5-9(7-10)14(15,16)17/h4-7H,3,18H2,1-2H3. The van der Waals surface area contributed by atoms with E-state index in [2.05, 4.69) is 5.10 Å². The van der Waals surface area contributed by atoms with Crippen LogP contribution in [0.2, 0.25) is 0 Å². The zero-order valence-electron chi connectivity index (χ0n) is 11.9. The van der Waals surface area contributed by atoms with Crippen molar-refractivity contribution >= 4 is 11.8 Å². The second kappa shape index (κ2) is 5.70. The van der Waals surface area contributed by atoms with Crippen molar-refractivity contribution in [2.75, 3.05) is 12.3 Å². The molecule has 0 aliphatic heterocycles. The molecule has 0 amide bonds. The fourth-order valence-corrected chi connectivity index (χ4v) is 1.91. The molecule has 1 heterocycles. The molecule has 2 rings (SSSR count). The highest BCUT2D eigenvalue weighted by atomic mass is 19.4. The molecule has 0 fully saturated rings. The maximum atomic E-state index is 12.8. The zero-order chi connectivity index (χ0) is 16.5. The normalized spacial score (nSPS) is 11.5. The largest absolute Gasteiger partial charge is 0.461 e. The summed E-state index contributed by atoms with van der Waals surface area (Å²) in [4.78, 5) is 11.8. The van der Waals surface area contributed by atoms with Gasteiger partial charge >= 0.3 is 12.1 Å². The second-order valence-corrected chi connectivity index (χ2v) is 4.54. The van der Waals surface area contributed by atoms with Gasteiger partial charge in [-0.2, -0.15) is 18.3 Å². The lowest BCUT2D eigenvalue weighted by Gasteiger charge is -2.09. The first-order chi connectivity index (χ1) is 10.3. The van der Waals surface area contributed by atoms with Crippen LogP contribution in [0.3, 0.4) is 0 Å². The maximum Gasteiger partial charge on any atom is 0.416 e. The van der Waals surface area contributed by atoms with Crippen molar-refractivity contribution < 1.29 is 22.7 Å². The topological polar surface area (TPSA) is 70.1 Å². The molecule has 0 bridgehead atoms. The van der Waals surface area contributed by atoms with Crippen molar-refractivity contribution in [1.82, 2.24) is 9.78 Å². The Kier molecular flexibility index (Phi) is 4.11. The van der Waals surface area contributed by atoms with E-state index in [1.165, 1.54) is 12.1 Å².